The van der Waals surface area contributed by atoms with E-state index in [-0.39, 0.29) is 0 Å². The highest BCUT2D eigenvalue weighted by Gasteiger charge is 2.38. The van der Waals surface area contributed by atoms with Crippen LogP contribution in [-0.4, -0.2) is 24.6 Å². The van der Waals surface area contributed by atoms with E-state index in [1.807, 2.05) is 0 Å². The van der Waals surface area contributed by atoms with Gasteiger partial charge in [0.25, 0.3) is 0 Å². The summed E-state index contributed by atoms with van der Waals surface area (Å²) in [4.78, 5) is 2.86. The molecule has 0 N–H and O–H groups in total. The Morgan fingerprint density at radius 3 is 2.60 bits per heavy atom. The van der Waals surface area contributed by atoms with Crippen molar-refractivity contribution in [2.24, 2.45) is 5.92 Å². The van der Waals surface area contributed by atoms with Gasteiger partial charge in [0.05, 0.1) is 7.11 Å². The van der Waals surface area contributed by atoms with Gasteiger partial charge in [-0.25, -0.2) is 0 Å². The average molecular weight is 333 g/mol. The van der Waals surface area contributed by atoms with Gasteiger partial charge in [-0.2, -0.15) is 0 Å². The molecule has 3 atom stereocenters. The molecule has 2 nitrogen and oxygen atoms in total. The van der Waals surface area contributed by atoms with E-state index < -0.39 is 0 Å². The van der Waals surface area contributed by atoms with Gasteiger partial charge in [-0.15, -0.1) is 0 Å². The minimum absolute atomic E-state index is 0.586. The first-order valence-electron chi connectivity index (χ1n) is 9.81. The minimum atomic E-state index is 0.586. The van der Waals surface area contributed by atoms with Crippen LogP contribution in [0.2, 0.25) is 0 Å². The SMILES string of the molecule is COc1ccc2c(c1)[C@@H](N1C[C@H]3CC[C@@H]1Cc1ccccc1C3)CC2. The standard InChI is InChI=1S/C23H27NO/c1-25-21-10-7-17-8-11-23(22(17)14-21)24-15-16-6-9-20(24)13-19-5-3-2-4-18(19)12-16/h2-5,7,10,14,16,20,23H,6,8-9,11-13,15H2,1H3/t16-,20+,23-/m0/s1. The summed E-state index contributed by atoms with van der Waals surface area (Å²) in [6.45, 7) is 1.26. The number of aryl methyl sites for hydroxylation is 1. The van der Waals surface area contributed by atoms with Crippen molar-refractivity contribution in [1.82, 2.24) is 4.90 Å². The lowest BCUT2D eigenvalue weighted by molar-refractivity contribution is 0.0573. The predicted molar refractivity (Wildman–Crippen MR) is 101 cm³/mol. The lowest BCUT2D eigenvalue weighted by Crippen LogP contribution is -2.47. The number of rotatable bonds is 2. The van der Waals surface area contributed by atoms with Crippen LogP contribution in [-0.2, 0) is 19.3 Å². The molecular weight excluding hydrogens is 306 g/mol. The summed E-state index contributed by atoms with van der Waals surface area (Å²) in [7, 11) is 1.78. The molecule has 2 aromatic carbocycles. The van der Waals surface area contributed by atoms with Crippen molar-refractivity contribution in [3.05, 3.63) is 64.7 Å². The third kappa shape index (κ3) is 2.67. The third-order valence-electron chi connectivity index (χ3n) is 6.73. The van der Waals surface area contributed by atoms with Crippen molar-refractivity contribution < 1.29 is 4.74 Å². The molecule has 130 valence electrons. The molecule has 2 bridgehead atoms. The number of benzene rings is 2. The van der Waals surface area contributed by atoms with Crippen LogP contribution in [0, 0.1) is 5.92 Å². The number of hydrogen-bond donors (Lipinski definition) is 0. The van der Waals surface area contributed by atoms with E-state index in [1.54, 1.807) is 18.2 Å². The Balaban J connectivity index is 1.49. The second kappa shape index (κ2) is 6.17. The van der Waals surface area contributed by atoms with E-state index in [9.17, 15) is 0 Å². The first-order chi connectivity index (χ1) is 12.3. The van der Waals surface area contributed by atoms with Crippen LogP contribution in [0.25, 0.3) is 0 Å². The fourth-order valence-corrected chi connectivity index (χ4v) is 5.45. The molecule has 1 saturated heterocycles. The summed E-state index contributed by atoms with van der Waals surface area (Å²) in [6.07, 6.45) is 7.72. The van der Waals surface area contributed by atoms with Crippen LogP contribution in [0.5, 0.6) is 5.75 Å². The smallest absolute Gasteiger partial charge is 0.119 e. The van der Waals surface area contributed by atoms with Gasteiger partial charge in [0.1, 0.15) is 5.75 Å². The summed E-state index contributed by atoms with van der Waals surface area (Å²) in [6, 6.07) is 17.1. The van der Waals surface area contributed by atoms with Gasteiger partial charge in [0, 0.05) is 18.6 Å². The van der Waals surface area contributed by atoms with Gasteiger partial charge in [0.15, 0.2) is 0 Å². The van der Waals surface area contributed by atoms with E-state index in [1.165, 1.54) is 56.2 Å². The number of fused-ring (bicyclic) bond motifs is 3. The van der Waals surface area contributed by atoms with E-state index in [0.29, 0.717) is 12.1 Å². The fourth-order valence-electron chi connectivity index (χ4n) is 5.45. The van der Waals surface area contributed by atoms with E-state index in [2.05, 4.69) is 47.4 Å². The maximum absolute atomic E-state index is 5.51. The predicted octanol–water partition coefficient (Wildman–Crippen LogP) is 4.56. The van der Waals surface area contributed by atoms with E-state index in [0.717, 1.165) is 11.7 Å². The second-order valence-electron chi connectivity index (χ2n) is 8.09. The molecule has 0 radical (unpaired) electrons. The Bertz CT molecular complexity index is 783. The number of nitrogens with zero attached hydrogens (tertiary/aromatic N) is 1. The van der Waals surface area contributed by atoms with Crippen LogP contribution in [0.3, 0.4) is 0 Å². The maximum Gasteiger partial charge on any atom is 0.119 e. The molecule has 2 aliphatic heterocycles. The molecular formula is C23H27NO. The zero-order valence-electron chi connectivity index (χ0n) is 15.1. The normalized spacial score (nSPS) is 28.1. The quantitative estimate of drug-likeness (QED) is 0.799. The lowest BCUT2D eigenvalue weighted by atomic mass is 9.79. The molecule has 1 fully saturated rings. The molecule has 2 heterocycles. The van der Waals surface area contributed by atoms with Gasteiger partial charge in [-0.1, -0.05) is 30.3 Å². The molecule has 6 rings (SSSR count). The van der Waals surface area contributed by atoms with Crippen molar-refractivity contribution in [3.63, 3.8) is 0 Å². The summed E-state index contributed by atoms with van der Waals surface area (Å²) < 4.78 is 5.51. The van der Waals surface area contributed by atoms with Gasteiger partial charge < -0.3 is 4.74 Å². The molecule has 0 spiro atoms. The van der Waals surface area contributed by atoms with Crippen molar-refractivity contribution >= 4 is 0 Å². The third-order valence-corrected chi connectivity index (χ3v) is 6.73. The highest BCUT2D eigenvalue weighted by atomic mass is 16.5. The molecule has 2 aliphatic carbocycles. The van der Waals surface area contributed by atoms with Crippen molar-refractivity contribution in [2.45, 2.75) is 50.6 Å². The van der Waals surface area contributed by atoms with Crippen LogP contribution < -0.4 is 4.74 Å². The number of hydrogen-bond acceptors (Lipinski definition) is 2. The van der Waals surface area contributed by atoms with Crippen LogP contribution in [0.1, 0.15) is 47.6 Å². The first-order valence-corrected chi connectivity index (χ1v) is 9.81. The van der Waals surface area contributed by atoms with Gasteiger partial charge in [-0.05, 0) is 78.8 Å². The van der Waals surface area contributed by atoms with Crippen molar-refractivity contribution in [3.8, 4) is 5.75 Å². The Kier molecular flexibility index (Phi) is 3.82. The van der Waals surface area contributed by atoms with Crippen LogP contribution >= 0.6 is 0 Å². The van der Waals surface area contributed by atoms with Crippen LogP contribution in [0.15, 0.2) is 42.5 Å². The zero-order chi connectivity index (χ0) is 16.8. The topological polar surface area (TPSA) is 12.5 Å². The number of methoxy groups -OCH3 is 1. The molecule has 0 aromatic heterocycles. The van der Waals surface area contributed by atoms with Gasteiger partial charge in [-0.3, -0.25) is 4.90 Å². The van der Waals surface area contributed by atoms with Crippen LogP contribution in [0.4, 0.5) is 0 Å². The molecule has 0 saturated carbocycles. The number of piperidine rings is 1. The summed E-state index contributed by atoms with van der Waals surface area (Å²) >= 11 is 0. The summed E-state index contributed by atoms with van der Waals surface area (Å²) in [5.41, 5.74) is 6.25. The lowest BCUT2D eigenvalue weighted by Gasteiger charge is -2.45. The largest absolute Gasteiger partial charge is 0.497 e. The van der Waals surface area contributed by atoms with Crippen molar-refractivity contribution in [1.29, 1.82) is 0 Å². The maximum atomic E-state index is 5.51. The molecule has 2 aromatic rings. The van der Waals surface area contributed by atoms with E-state index in [4.69, 9.17) is 4.74 Å². The summed E-state index contributed by atoms with van der Waals surface area (Å²) in [5.74, 6) is 1.82. The van der Waals surface area contributed by atoms with Gasteiger partial charge in [0.2, 0.25) is 0 Å². The highest BCUT2D eigenvalue weighted by molar-refractivity contribution is 5.41. The molecule has 2 heteroatoms. The summed E-state index contributed by atoms with van der Waals surface area (Å²) in [5, 5.41) is 0. The van der Waals surface area contributed by atoms with Gasteiger partial charge >= 0.3 is 0 Å². The second-order valence-corrected chi connectivity index (χ2v) is 8.09. The van der Waals surface area contributed by atoms with E-state index >= 15 is 0 Å². The first kappa shape index (κ1) is 15.5. The highest BCUT2D eigenvalue weighted by Crippen LogP contribution is 2.43. The monoisotopic (exact) mass is 333 g/mol. The fraction of sp³-hybridized carbons (Fsp3) is 0.478. The Hall–Kier alpha value is -1.80. The number of ether oxygens (including phenoxy) is 1. The molecule has 4 aliphatic rings. The molecule has 0 amide bonds. The molecule has 0 unspecified atom stereocenters. The molecule has 25 heavy (non-hydrogen) atoms. The Morgan fingerprint density at radius 1 is 0.920 bits per heavy atom. The minimum Gasteiger partial charge on any atom is -0.497 e. The zero-order valence-corrected chi connectivity index (χ0v) is 15.1. The average Bonchev–Trinajstić information content (AvgIpc) is 3.04. The van der Waals surface area contributed by atoms with Crippen molar-refractivity contribution in [2.75, 3.05) is 13.7 Å². The Morgan fingerprint density at radius 2 is 1.76 bits per heavy atom. The Labute approximate surface area is 150 Å².